The Hall–Kier alpha value is -1.50. The number of hydrogen-bond acceptors (Lipinski definition) is 3. The van der Waals surface area contributed by atoms with Crippen molar-refractivity contribution in [3.63, 3.8) is 0 Å². The van der Waals surface area contributed by atoms with Crippen LogP contribution in [-0.2, 0) is 4.79 Å². The topological polar surface area (TPSA) is 87.1 Å². The molecule has 4 nitrogen and oxygen atoms in total. The predicted octanol–water partition coefficient (Wildman–Crippen LogP) is 1.66. The van der Waals surface area contributed by atoms with Crippen molar-refractivity contribution in [3.05, 3.63) is 29.8 Å². The Bertz CT molecular complexity index is 426. The molecule has 0 aliphatic carbocycles. The van der Waals surface area contributed by atoms with E-state index in [0.717, 1.165) is 24.8 Å². The van der Waals surface area contributed by atoms with E-state index in [4.69, 9.17) is 11.0 Å². The third kappa shape index (κ3) is 5.22. The van der Waals surface area contributed by atoms with Gasteiger partial charge in [0.05, 0.1) is 0 Å². The van der Waals surface area contributed by atoms with E-state index in [1.807, 2.05) is 12.1 Å². The van der Waals surface area contributed by atoms with E-state index in [9.17, 15) is 9.90 Å². The molecule has 18 heavy (non-hydrogen) atoms. The summed E-state index contributed by atoms with van der Waals surface area (Å²) >= 11 is -0.121. The van der Waals surface area contributed by atoms with Crippen LogP contribution < -0.4 is 5.73 Å². The van der Waals surface area contributed by atoms with Gasteiger partial charge in [0.2, 0.25) is 0 Å². The number of phenolic OH excluding ortho intramolecular Hbond substituents is 1. The standard InChI is InChI=1S/C13H16N2O2Se/c14-9-18-12(3-1-2-4-13(15)17)10-5-7-11(16)8-6-10/h5-8,12,16H,1-4H2,(H2,15,17). The maximum atomic E-state index is 10.6. The van der Waals surface area contributed by atoms with Crippen LogP contribution in [0.4, 0.5) is 0 Å². The number of nitriles is 1. The molecule has 0 saturated carbocycles. The van der Waals surface area contributed by atoms with Gasteiger partial charge in [-0.3, -0.25) is 0 Å². The van der Waals surface area contributed by atoms with Gasteiger partial charge in [0.25, 0.3) is 0 Å². The normalized spacial score (nSPS) is 11.7. The molecule has 5 heteroatoms. The van der Waals surface area contributed by atoms with Crippen LogP contribution in [0.25, 0.3) is 0 Å². The zero-order valence-corrected chi connectivity index (χ0v) is 11.7. The van der Waals surface area contributed by atoms with E-state index in [2.05, 4.69) is 4.97 Å². The first kappa shape index (κ1) is 14.6. The Morgan fingerprint density at radius 3 is 2.61 bits per heavy atom. The van der Waals surface area contributed by atoms with Crippen molar-refractivity contribution in [1.29, 1.82) is 5.26 Å². The summed E-state index contributed by atoms with van der Waals surface area (Å²) in [4.78, 5) is 13.1. The summed E-state index contributed by atoms with van der Waals surface area (Å²) in [6.07, 6.45) is 2.94. The number of primary amides is 1. The number of amides is 1. The molecule has 1 unspecified atom stereocenters. The Morgan fingerprint density at radius 2 is 2.06 bits per heavy atom. The second kappa shape index (κ2) is 7.75. The average Bonchev–Trinajstić information content (AvgIpc) is 2.34. The molecule has 0 aliphatic heterocycles. The van der Waals surface area contributed by atoms with Crippen LogP contribution in [0, 0.1) is 10.2 Å². The SMILES string of the molecule is N#C[Se]C(CCCCC(N)=O)c1ccc(O)cc1. The van der Waals surface area contributed by atoms with E-state index in [-0.39, 0.29) is 31.4 Å². The molecule has 1 amide bonds. The molecule has 0 aliphatic rings. The number of carbonyl (C=O) groups excluding carboxylic acids is 1. The van der Waals surface area contributed by atoms with E-state index in [1.165, 1.54) is 0 Å². The fraction of sp³-hybridized carbons (Fsp3) is 0.385. The van der Waals surface area contributed by atoms with Gasteiger partial charge in [-0.25, -0.2) is 0 Å². The predicted molar refractivity (Wildman–Crippen MR) is 69.9 cm³/mol. The molecule has 96 valence electrons. The first-order chi connectivity index (χ1) is 8.63. The zero-order chi connectivity index (χ0) is 13.4. The molecular formula is C13H16N2O2Se. The van der Waals surface area contributed by atoms with Crippen LogP contribution in [0.15, 0.2) is 24.3 Å². The molecule has 0 aromatic heterocycles. The van der Waals surface area contributed by atoms with Crippen LogP contribution in [0.5, 0.6) is 5.75 Å². The molecule has 1 atom stereocenters. The number of nitrogens with zero attached hydrogens (tertiary/aromatic N) is 1. The molecular weight excluding hydrogens is 295 g/mol. The molecule has 1 aromatic carbocycles. The number of unbranched alkanes of at least 4 members (excludes halogenated alkanes) is 1. The summed E-state index contributed by atoms with van der Waals surface area (Å²) in [7, 11) is 0. The van der Waals surface area contributed by atoms with Crippen LogP contribution in [-0.4, -0.2) is 26.0 Å². The van der Waals surface area contributed by atoms with Crippen LogP contribution >= 0.6 is 0 Å². The second-order valence-corrected chi connectivity index (χ2v) is 6.07. The molecule has 0 spiro atoms. The van der Waals surface area contributed by atoms with E-state index < -0.39 is 0 Å². The van der Waals surface area contributed by atoms with Gasteiger partial charge in [-0.1, -0.05) is 0 Å². The molecule has 1 aromatic rings. The number of benzene rings is 1. The average molecular weight is 311 g/mol. The number of nitrogens with two attached hydrogens (primary N) is 1. The van der Waals surface area contributed by atoms with Gasteiger partial charge in [0, 0.05) is 0 Å². The minimum absolute atomic E-state index is 0.121. The van der Waals surface area contributed by atoms with Crippen LogP contribution in [0.3, 0.4) is 0 Å². The molecule has 0 bridgehead atoms. The Labute approximate surface area is 113 Å². The Morgan fingerprint density at radius 1 is 1.39 bits per heavy atom. The Balaban J connectivity index is 2.52. The first-order valence-electron chi connectivity index (χ1n) is 5.75. The fourth-order valence-corrected chi connectivity index (χ4v) is 3.15. The van der Waals surface area contributed by atoms with Crippen molar-refractivity contribution < 1.29 is 9.90 Å². The van der Waals surface area contributed by atoms with Crippen LogP contribution in [0.2, 0.25) is 0 Å². The minimum atomic E-state index is -0.276. The third-order valence-electron chi connectivity index (χ3n) is 2.60. The van der Waals surface area contributed by atoms with Gasteiger partial charge in [0.1, 0.15) is 0 Å². The van der Waals surface area contributed by atoms with Gasteiger partial charge in [0.15, 0.2) is 0 Å². The first-order valence-corrected chi connectivity index (χ1v) is 7.60. The van der Waals surface area contributed by atoms with Crippen molar-refractivity contribution in [1.82, 2.24) is 0 Å². The number of carbonyl (C=O) groups is 1. The molecule has 0 fully saturated rings. The summed E-state index contributed by atoms with van der Waals surface area (Å²) < 4.78 is 0. The summed E-state index contributed by atoms with van der Waals surface area (Å²) in [6, 6.07) is 6.98. The maximum absolute atomic E-state index is 10.6. The third-order valence-corrected chi connectivity index (χ3v) is 4.48. The number of hydrogen-bond donors (Lipinski definition) is 2. The number of rotatable bonds is 7. The van der Waals surface area contributed by atoms with Crippen molar-refractivity contribution in [2.75, 3.05) is 0 Å². The van der Waals surface area contributed by atoms with Crippen molar-refractivity contribution in [2.45, 2.75) is 30.5 Å². The van der Waals surface area contributed by atoms with Gasteiger partial charge in [-0.2, -0.15) is 0 Å². The summed E-state index contributed by atoms with van der Waals surface area (Å²) in [5.74, 6) is -0.0438. The molecule has 1 rings (SSSR count). The zero-order valence-electron chi connectivity index (χ0n) is 10.0. The number of aromatic hydroxyl groups is 1. The summed E-state index contributed by atoms with van der Waals surface area (Å²) in [5, 5.41) is 18.1. The van der Waals surface area contributed by atoms with Gasteiger partial charge in [-0.15, -0.1) is 0 Å². The van der Waals surface area contributed by atoms with Crippen molar-refractivity contribution in [3.8, 4) is 10.7 Å². The summed E-state index contributed by atoms with van der Waals surface area (Å²) in [6.45, 7) is 0. The monoisotopic (exact) mass is 312 g/mol. The molecule has 0 heterocycles. The fourth-order valence-electron chi connectivity index (χ4n) is 1.68. The summed E-state index contributed by atoms with van der Waals surface area (Å²) in [5.41, 5.74) is 6.16. The van der Waals surface area contributed by atoms with Crippen molar-refractivity contribution in [2.24, 2.45) is 5.73 Å². The van der Waals surface area contributed by atoms with Crippen molar-refractivity contribution >= 4 is 20.9 Å². The Kier molecular flexibility index (Phi) is 6.27. The van der Waals surface area contributed by atoms with Gasteiger partial charge in [-0.05, 0) is 0 Å². The molecule has 3 N–H and O–H groups in total. The van der Waals surface area contributed by atoms with E-state index in [1.54, 1.807) is 12.1 Å². The number of phenols is 1. The molecule has 0 saturated heterocycles. The van der Waals surface area contributed by atoms with Gasteiger partial charge < -0.3 is 0 Å². The second-order valence-electron chi connectivity index (χ2n) is 4.00. The van der Waals surface area contributed by atoms with Crippen LogP contribution in [0.1, 0.15) is 36.1 Å². The quantitative estimate of drug-likeness (QED) is 0.593. The van der Waals surface area contributed by atoms with E-state index >= 15 is 0 Å². The molecule has 0 radical (unpaired) electrons. The van der Waals surface area contributed by atoms with Gasteiger partial charge >= 0.3 is 113 Å². The van der Waals surface area contributed by atoms with E-state index in [0.29, 0.717) is 6.42 Å².